The number of halogens is 1. The molecule has 1 saturated heterocycles. The third-order valence-corrected chi connectivity index (χ3v) is 4.28. The van der Waals surface area contributed by atoms with E-state index in [0.717, 1.165) is 37.4 Å². The number of piperidine rings is 1. The Morgan fingerprint density at radius 3 is 3.05 bits per heavy atom. The van der Waals surface area contributed by atoms with Gasteiger partial charge in [-0.25, -0.2) is 0 Å². The van der Waals surface area contributed by atoms with Gasteiger partial charge in [-0.2, -0.15) is 0 Å². The Kier molecular flexibility index (Phi) is 3.76. The van der Waals surface area contributed by atoms with Gasteiger partial charge in [0.25, 0.3) is 0 Å². The number of hydrogen-bond acceptors (Lipinski definition) is 2. The van der Waals surface area contributed by atoms with Gasteiger partial charge in [-0.05, 0) is 49.4 Å². The Balaban J connectivity index is 1.55. The molecule has 1 aliphatic heterocycles. The van der Waals surface area contributed by atoms with Crippen molar-refractivity contribution < 1.29 is 4.79 Å². The molecule has 2 unspecified atom stereocenters. The topological polar surface area (TPSA) is 41.1 Å². The van der Waals surface area contributed by atoms with Crippen molar-refractivity contribution >= 4 is 17.5 Å². The minimum atomic E-state index is 0.139. The van der Waals surface area contributed by atoms with Gasteiger partial charge in [0, 0.05) is 23.5 Å². The number of nitrogens with one attached hydrogen (secondary N) is 2. The Morgan fingerprint density at radius 1 is 1.42 bits per heavy atom. The zero-order chi connectivity index (χ0) is 13.2. The highest BCUT2D eigenvalue weighted by molar-refractivity contribution is 6.30. The highest BCUT2D eigenvalue weighted by Crippen LogP contribution is 2.48. The number of carbonyl (C=O) groups excluding carboxylic acids is 1. The fraction of sp³-hybridized carbons (Fsp3) is 0.533. The van der Waals surface area contributed by atoms with Crippen LogP contribution in [-0.4, -0.2) is 25.0 Å². The summed E-state index contributed by atoms with van der Waals surface area (Å²) in [6, 6.07) is 8.17. The first-order chi connectivity index (χ1) is 9.24. The largest absolute Gasteiger partial charge is 0.352 e. The van der Waals surface area contributed by atoms with Crippen molar-refractivity contribution in [3.8, 4) is 0 Å². The summed E-state index contributed by atoms with van der Waals surface area (Å²) in [6.07, 6.45) is 3.19. The Morgan fingerprint density at radius 2 is 2.32 bits per heavy atom. The van der Waals surface area contributed by atoms with Gasteiger partial charge >= 0.3 is 0 Å². The van der Waals surface area contributed by atoms with Crippen molar-refractivity contribution in [2.75, 3.05) is 13.1 Å². The highest BCUT2D eigenvalue weighted by atomic mass is 35.5. The van der Waals surface area contributed by atoms with E-state index in [4.69, 9.17) is 11.6 Å². The first-order valence-electron chi connectivity index (χ1n) is 7.00. The summed E-state index contributed by atoms with van der Waals surface area (Å²) in [5.41, 5.74) is 1.19. The number of hydrogen-bond donors (Lipinski definition) is 2. The van der Waals surface area contributed by atoms with Gasteiger partial charge < -0.3 is 10.6 Å². The maximum atomic E-state index is 12.2. The summed E-state index contributed by atoms with van der Waals surface area (Å²) in [4.78, 5) is 12.2. The average molecular weight is 279 g/mol. The molecular weight excluding hydrogens is 260 g/mol. The van der Waals surface area contributed by atoms with Gasteiger partial charge in [-0.15, -0.1) is 0 Å². The first kappa shape index (κ1) is 12.9. The molecular formula is C15H19ClN2O. The molecule has 0 spiro atoms. The van der Waals surface area contributed by atoms with E-state index in [-0.39, 0.29) is 11.8 Å². The predicted molar refractivity (Wildman–Crippen MR) is 76.3 cm³/mol. The number of carbonyl (C=O) groups is 1. The molecule has 2 fully saturated rings. The molecule has 3 atom stereocenters. The quantitative estimate of drug-likeness (QED) is 0.891. The van der Waals surface area contributed by atoms with Gasteiger partial charge in [0.05, 0.1) is 0 Å². The third-order valence-electron chi connectivity index (χ3n) is 4.05. The Hall–Kier alpha value is -1.06. The lowest BCUT2D eigenvalue weighted by atomic mass is 10.1. The lowest BCUT2D eigenvalue weighted by molar-refractivity contribution is -0.123. The second-order valence-corrected chi connectivity index (χ2v) is 5.99. The molecule has 1 aromatic carbocycles. The molecule has 2 N–H and O–H groups in total. The minimum Gasteiger partial charge on any atom is -0.352 e. The van der Waals surface area contributed by atoms with Crippen molar-refractivity contribution in [2.24, 2.45) is 5.92 Å². The molecule has 19 heavy (non-hydrogen) atoms. The van der Waals surface area contributed by atoms with Crippen LogP contribution in [0.4, 0.5) is 0 Å². The average Bonchev–Trinajstić information content (AvgIpc) is 3.20. The second-order valence-electron chi connectivity index (χ2n) is 5.56. The standard InChI is InChI=1S/C15H19ClN2O/c16-11-4-1-3-10(7-11)13-8-14(13)15(19)18-12-5-2-6-17-9-12/h1,3-4,7,12-14,17H,2,5-6,8-9H2,(H,18,19)/t12-,13?,14?/m0/s1. The van der Waals surface area contributed by atoms with E-state index in [9.17, 15) is 4.79 Å². The van der Waals surface area contributed by atoms with E-state index >= 15 is 0 Å². The maximum Gasteiger partial charge on any atom is 0.224 e. The van der Waals surface area contributed by atoms with Crippen molar-refractivity contribution in [1.29, 1.82) is 0 Å². The molecule has 3 rings (SSSR count). The molecule has 4 heteroatoms. The third kappa shape index (κ3) is 3.10. The van der Waals surface area contributed by atoms with Crippen LogP contribution in [0, 0.1) is 5.92 Å². The van der Waals surface area contributed by atoms with E-state index in [1.54, 1.807) is 0 Å². The van der Waals surface area contributed by atoms with Gasteiger partial charge in [0.2, 0.25) is 5.91 Å². The molecule has 1 aliphatic carbocycles. The van der Waals surface area contributed by atoms with Crippen LogP contribution in [0.25, 0.3) is 0 Å². The highest BCUT2D eigenvalue weighted by Gasteiger charge is 2.44. The molecule has 1 heterocycles. The lowest BCUT2D eigenvalue weighted by Gasteiger charge is -2.23. The molecule has 2 aliphatic rings. The SMILES string of the molecule is O=C(N[C@H]1CCCNC1)C1CC1c1cccc(Cl)c1. The molecule has 102 valence electrons. The van der Waals surface area contributed by atoms with Crippen LogP contribution in [0.2, 0.25) is 5.02 Å². The summed E-state index contributed by atoms with van der Waals surface area (Å²) < 4.78 is 0. The van der Waals surface area contributed by atoms with Crippen molar-refractivity contribution in [3.63, 3.8) is 0 Å². The molecule has 3 nitrogen and oxygen atoms in total. The maximum absolute atomic E-state index is 12.2. The normalized spacial score (nSPS) is 29.8. The molecule has 1 amide bonds. The van der Waals surface area contributed by atoms with Gasteiger partial charge in [0.1, 0.15) is 0 Å². The smallest absolute Gasteiger partial charge is 0.224 e. The second kappa shape index (κ2) is 5.51. The lowest BCUT2D eigenvalue weighted by Crippen LogP contribution is -2.46. The predicted octanol–water partition coefficient (Wildman–Crippen LogP) is 2.31. The Bertz CT molecular complexity index is 471. The monoisotopic (exact) mass is 278 g/mol. The van der Waals surface area contributed by atoms with E-state index in [0.29, 0.717) is 12.0 Å². The van der Waals surface area contributed by atoms with Gasteiger partial charge in [0.15, 0.2) is 0 Å². The van der Waals surface area contributed by atoms with Crippen molar-refractivity contribution in [3.05, 3.63) is 34.9 Å². The van der Waals surface area contributed by atoms with Crippen LogP contribution in [-0.2, 0) is 4.79 Å². The van der Waals surface area contributed by atoms with Crippen LogP contribution in [0.3, 0.4) is 0 Å². The molecule has 0 bridgehead atoms. The molecule has 1 aromatic rings. The number of benzene rings is 1. The van der Waals surface area contributed by atoms with Crippen LogP contribution < -0.4 is 10.6 Å². The Labute approximate surface area is 118 Å². The fourth-order valence-electron chi connectivity index (χ4n) is 2.87. The molecule has 0 radical (unpaired) electrons. The summed E-state index contributed by atoms with van der Waals surface area (Å²) in [5.74, 6) is 0.703. The van der Waals surface area contributed by atoms with Crippen LogP contribution in [0.1, 0.15) is 30.7 Å². The summed E-state index contributed by atoms with van der Waals surface area (Å²) in [6.45, 7) is 1.97. The van der Waals surface area contributed by atoms with E-state index < -0.39 is 0 Å². The minimum absolute atomic E-state index is 0.139. The van der Waals surface area contributed by atoms with Gasteiger partial charge in [-0.3, -0.25) is 4.79 Å². The summed E-state index contributed by atoms with van der Waals surface area (Å²) in [7, 11) is 0. The number of rotatable bonds is 3. The van der Waals surface area contributed by atoms with Crippen LogP contribution in [0.15, 0.2) is 24.3 Å². The molecule has 1 saturated carbocycles. The summed E-state index contributed by atoms with van der Waals surface area (Å²) in [5, 5.41) is 7.23. The van der Waals surface area contributed by atoms with E-state index in [1.807, 2.05) is 18.2 Å². The van der Waals surface area contributed by atoms with E-state index in [1.165, 1.54) is 5.56 Å². The zero-order valence-electron chi connectivity index (χ0n) is 10.9. The van der Waals surface area contributed by atoms with Crippen LogP contribution >= 0.6 is 11.6 Å². The van der Waals surface area contributed by atoms with Crippen LogP contribution in [0.5, 0.6) is 0 Å². The van der Waals surface area contributed by atoms with Crippen molar-refractivity contribution in [1.82, 2.24) is 10.6 Å². The van der Waals surface area contributed by atoms with Crippen molar-refractivity contribution in [2.45, 2.75) is 31.2 Å². The fourth-order valence-corrected chi connectivity index (χ4v) is 3.07. The zero-order valence-corrected chi connectivity index (χ0v) is 11.6. The summed E-state index contributed by atoms with van der Waals surface area (Å²) >= 11 is 5.99. The number of amides is 1. The van der Waals surface area contributed by atoms with Gasteiger partial charge in [-0.1, -0.05) is 23.7 Å². The van der Waals surface area contributed by atoms with E-state index in [2.05, 4.69) is 16.7 Å². The first-order valence-corrected chi connectivity index (χ1v) is 7.38. The molecule has 0 aromatic heterocycles.